The van der Waals surface area contributed by atoms with Crippen molar-refractivity contribution in [2.75, 3.05) is 11.1 Å². The molecule has 0 aliphatic carbocycles. The first-order valence-corrected chi connectivity index (χ1v) is 13.5. The zero-order chi connectivity index (χ0) is 26.4. The number of hydrogen-bond acceptors (Lipinski definition) is 4. The van der Waals surface area contributed by atoms with E-state index < -0.39 is 38.0 Å². The molecule has 0 radical (unpaired) electrons. The molecule has 0 amide bonds. The van der Waals surface area contributed by atoms with Crippen molar-refractivity contribution in [3.05, 3.63) is 126 Å². The standard InChI is InChI=1S/C30H28F2N2O2S/c1-21(2)26(20-37(35,36)30-27(31)9-6-10-28(30)32)17-22-12-14-24(15-13-22)25-8-5-7-23(18-25)19-34-29-11-3-4-16-33-29/h3-16,18,26H,1,17,19-20H2,2H3,(H,33,34). The highest BCUT2D eigenvalue weighted by Crippen LogP contribution is 2.27. The summed E-state index contributed by atoms with van der Waals surface area (Å²) in [5.41, 5.74) is 4.74. The van der Waals surface area contributed by atoms with Gasteiger partial charge in [0.2, 0.25) is 0 Å². The number of halogens is 2. The maximum Gasteiger partial charge on any atom is 0.184 e. The SMILES string of the molecule is C=C(C)C(Cc1ccc(-c2cccc(CNc3ccccn3)c2)cc1)CS(=O)(=O)c1c(F)cccc1F. The van der Waals surface area contributed by atoms with E-state index in [1.165, 1.54) is 0 Å². The number of nitrogens with zero attached hydrogens (tertiary/aromatic N) is 1. The molecule has 0 aliphatic rings. The normalized spacial score (nSPS) is 12.2. The highest BCUT2D eigenvalue weighted by atomic mass is 32.2. The molecule has 1 aromatic heterocycles. The molecule has 37 heavy (non-hydrogen) atoms. The molecule has 1 unspecified atom stereocenters. The number of rotatable bonds is 10. The molecule has 1 heterocycles. The molecule has 190 valence electrons. The van der Waals surface area contributed by atoms with Crippen LogP contribution in [0.1, 0.15) is 18.1 Å². The number of nitrogens with one attached hydrogen (secondary N) is 1. The van der Waals surface area contributed by atoms with E-state index in [9.17, 15) is 17.2 Å². The van der Waals surface area contributed by atoms with E-state index in [1.54, 1.807) is 13.1 Å². The number of sulfone groups is 1. The maximum absolute atomic E-state index is 14.1. The zero-order valence-corrected chi connectivity index (χ0v) is 21.3. The Morgan fingerprint density at radius 1 is 0.892 bits per heavy atom. The lowest BCUT2D eigenvalue weighted by Gasteiger charge is -2.18. The summed E-state index contributed by atoms with van der Waals surface area (Å²) in [6, 6.07) is 24.8. The largest absolute Gasteiger partial charge is 0.366 e. The van der Waals surface area contributed by atoms with Gasteiger partial charge in [0.25, 0.3) is 0 Å². The molecule has 0 bridgehead atoms. The van der Waals surface area contributed by atoms with Gasteiger partial charge in [-0.3, -0.25) is 0 Å². The smallest absolute Gasteiger partial charge is 0.184 e. The summed E-state index contributed by atoms with van der Waals surface area (Å²) >= 11 is 0. The van der Waals surface area contributed by atoms with Crippen LogP contribution in [-0.2, 0) is 22.8 Å². The van der Waals surface area contributed by atoms with Crippen LogP contribution in [0, 0.1) is 17.6 Å². The number of benzene rings is 3. The summed E-state index contributed by atoms with van der Waals surface area (Å²) in [5.74, 6) is -2.27. The van der Waals surface area contributed by atoms with Gasteiger partial charge in [0.05, 0.1) is 5.75 Å². The van der Waals surface area contributed by atoms with E-state index >= 15 is 0 Å². The van der Waals surface area contributed by atoms with Gasteiger partial charge in [-0.05, 0) is 71.8 Å². The molecular weight excluding hydrogens is 490 g/mol. The average Bonchev–Trinajstić information content (AvgIpc) is 2.88. The van der Waals surface area contributed by atoms with Crippen molar-refractivity contribution in [3.63, 3.8) is 0 Å². The van der Waals surface area contributed by atoms with Crippen LogP contribution < -0.4 is 5.32 Å². The monoisotopic (exact) mass is 518 g/mol. The van der Waals surface area contributed by atoms with E-state index in [2.05, 4.69) is 22.9 Å². The molecule has 0 saturated heterocycles. The van der Waals surface area contributed by atoms with Crippen LogP contribution >= 0.6 is 0 Å². The Bertz CT molecular complexity index is 1470. The highest BCUT2D eigenvalue weighted by molar-refractivity contribution is 7.91. The van der Waals surface area contributed by atoms with E-state index in [0.717, 1.165) is 46.3 Å². The van der Waals surface area contributed by atoms with Crippen LogP contribution in [0.15, 0.2) is 108 Å². The molecule has 1 N–H and O–H groups in total. The van der Waals surface area contributed by atoms with Crippen molar-refractivity contribution in [3.8, 4) is 11.1 Å². The quantitative estimate of drug-likeness (QED) is 0.233. The third-order valence-corrected chi connectivity index (χ3v) is 8.04. The van der Waals surface area contributed by atoms with Gasteiger partial charge in [-0.1, -0.05) is 66.7 Å². The Labute approximate surface area is 216 Å². The van der Waals surface area contributed by atoms with Crippen molar-refractivity contribution in [1.82, 2.24) is 4.98 Å². The first kappa shape index (κ1) is 26.2. The summed E-state index contributed by atoms with van der Waals surface area (Å²) in [4.78, 5) is 3.40. The second-order valence-corrected chi connectivity index (χ2v) is 11.0. The Morgan fingerprint density at radius 2 is 1.59 bits per heavy atom. The number of pyridine rings is 1. The molecule has 0 aliphatic heterocycles. The third-order valence-electron chi connectivity index (χ3n) is 6.18. The fraction of sp³-hybridized carbons (Fsp3) is 0.167. The van der Waals surface area contributed by atoms with Crippen LogP contribution in [0.5, 0.6) is 0 Å². The number of hydrogen-bond donors (Lipinski definition) is 1. The first-order chi connectivity index (χ1) is 17.7. The van der Waals surface area contributed by atoms with Crippen LogP contribution in [0.25, 0.3) is 11.1 Å². The number of aromatic nitrogens is 1. The lowest BCUT2D eigenvalue weighted by molar-refractivity contribution is 0.514. The number of anilines is 1. The minimum absolute atomic E-state index is 0.388. The third kappa shape index (κ3) is 6.68. The lowest BCUT2D eigenvalue weighted by atomic mass is 9.94. The fourth-order valence-corrected chi connectivity index (χ4v) is 5.97. The minimum Gasteiger partial charge on any atom is -0.366 e. The minimum atomic E-state index is -4.19. The molecule has 4 rings (SSSR count). The van der Waals surface area contributed by atoms with Crippen molar-refractivity contribution >= 4 is 15.7 Å². The van der Waals surface area contributed by atoms with Gasteiger partial charge in [0, 0.05) is 12.7 Å². The molecule has 0 saturated carbocycles. The van der Waals surface area contributed by atoms with Gasteiger partial charge >= 0.3 is 0 Å². The van der Waals surface area contributed by atoms with Crippen molar-refractivity contribution in [2.24, 2.45) is 5.92 Å². The second kappa shape index (κ2) is 11.5. The Kier molecular flexibility index (Phi) is 8.14. The van der Waals surface area contributed by atoms with E-state index in [1.807, 2.05) is 60.7 Å². The number of allylic oxidation sites excluding steroid dienone is 1. The summed E-state index contributed by atoms with van der Waals surface area (Å²) < 4.78 is 54.0. The van der Waals surface area contributed by atoms with E-state index in [4.69, 9.17) is 0 Å². The van der Waals surface area contributed by atoms with Gasteiger partial charge in [0.15, 0.2) is 9.84 Å². The average molecular weight is 519 g/mol. The van der Waals surface area contributed by atoms with E-state index in [0.29, 0.717) is 18.5 Å². The van der Waals surface area contributed by atoms with Crippen molar-refractivity contribution in [1.29, 1.82) is 0 Å². The molecule has 4 aromatic rings. The first-order valence-electron chi connectivity index (χ1n) is 11.9. The van der Waals surface area contributed by atoms with Gasteiger partial charge in [-0.2, -0.15) is 0 Å². The highest BCUT2D eigenvalue weighted by Gasteiger charge is 2.28. The van der Waals surface area contributed by atoms with Crippen LogP contribution in [0.4, 0.5) is 14.6 Å². The summed E-state index contributed by atoms with van der Waals surface area (Å²) in [7, 11) is -4.19. The summed E-state index contributed by atoms with van der Waals surface area (Å²) in [6.45, 7) is 6.30. The van der Waals surface area contributed by atoms with Crippen LogP contribution in [-0.4, -0.2) is 19.2 Å². The maximum atomic E-state index is 14.1. The Morgan fingerprint density at radius 3 is 2.24 bits per heavy atom. The zero-order valence-electron chi connectivity index (χ0n) is 20.5. The summed E-state index contributed by atoms with van der Waals surface area (Å²) in [5, 5.41) is 3.30. The molecule has 0 fully saturated rings. The summed E-state index contributed by atoms with van der Waals surface area (Å²) in [6.07, 6.45) is 2.13. The van der Waals surface area contributed by atoms with Gasteiger partial charge in [-0.25, -0.2) is 22.2 Å². The van der Waals surface area contributed by atoms with Gasteiger partial charge in [0.1, 0.15) is 22.3 Å². The van der Waals surface area contributed by atoms with Crippen molar-refractivity contribution < 1.29 is 17.2 Å². The van der Waals surface area contributed by atoms with Gasteiger partial charge < -0.3 is 5.32 Å². The molecule has 1 atom stereocenters. The van der Waals surface area contributed by atoms with E-state index in [-0.39, 0.29) is 0 Å². The topological polar surface area (TPSA) is 59.1 Å². The van der Waals surface area contributed by atoms with Crippen molar-refractivity contribution in [2.45, 2.75) is 24.8 Å². The second-order valence-electron chi connectivity index (χ2n) is 9.05. The Balaban J connectivity index is 1.46. The predicted octanol–water partition coefficient (Wildman–Crippen LogP) is 6.85. The van der Waals surface area contributed by atoms with Crippen LogP contribution in [0.3, 0.4) is 0 Å². The molecule has 0 spiro atoms. The molecular formula is C30H28F2N2O2S. The van der Waals surface area contributed by atoms with Gasteiger partial charge in [-0.15, -0.1) is 0 Å². The molecule has 3 aromatic carbocycles. The fourth-order valence-electron chi connectivity index (χ4n) is 4.14. The Hall–Kier alpha value is -3.84. The lowest BCUT2D eigenvalue weighted by Crippen LogP contribution is -2.21. The molecule has 4 nitrogen and oxygen atoms in total. The molecule has 7 heteroatoms. The van der Waals surface area contributed by atoms with Crippen LogP contribution in [0.2, 0.25) is 0 Å². The predicted molar refractivity (Wildman–Crippen MR) is 144 cm³/mol.